The van der Waals surface area contributed by atoms with Crippen LogP contribution in [0.4, 0.5) is 0 Å². The summed E-state index contributed by atoms with van der Waals surface area (Å²) in [6, 6.07) is 0. The molecule has 1 heteroatoms. The molecule has 2 aliphatic rings. The molecule has 3 unspecified atom stereocenters. The van der Waals surface area contributed by atoms with Gasteiger partial charge in [0, 0.05) is 4.87 Å². The molecule has 0 aromatic heterocycles. The number of rotatable bonds is 14. The molecule has 0 aliphatic heterocycles. The first kappa shape index (κ1) is 27.5. The maximum atomic E-state index is 7.62. The maximum absolute atomic E-state index is 7.62. The van der Waals surface area contributed by atoms with Gasteiger partial charge < -0.3 is 0 Å². The van der Waals surface area contributed by atoms with E-state index in [2.05, 4.69) is 13.8 Å². The van der Waals surface area contributed by atoms with Gasteiger partial charge in [-0.15, -0.1) is 11.6 Å². The van der Waals surface area contributed by atoms with Crippen molar-refractivity contribution in [3.63, 3.8) is 0 Å². The van der Waals surface area contributed by atoms with Crippen molar-refractivity contribution >= 4 is 11.6 Å². The van der Waals surface area contributed by atoms with Crippen molar-refractivity contribution in [2.75, 3.05) is 0 Å². The fourth-order valence-electron chi connectivity index (χ4n) is 6.90. The molecular weight excluding hydrogens is 396 g/mol. The van der Waals surface area contributed by atoms with Gasteiger partial charge in [-0.25, -0.2) is 0 Å². The largest absolute Gasteiger partial charge is 0.119 e. The van der Waals surface area contributed by atoms with Gasteiger partial charge in [0.25, 0.3) is 0 Å². The molecule has 184 valence electrons. The highest BCUT2D eigenvalue weighted by Crippen LogP contribution is 2.46. The second-order valence-electron chi connectivity index (χ2n) is 11.4. The first-order valence-corrected chi connectivity index (χ1v) is 15.3. The maximum Gasteiger partial charge on any atom is 0.0475 e. The average Bonchev–Trinajstić information content (AvgIpc) is 2.95. The van der Waals surface area contributed by atoms with Crippen LogP contribution in [0.25, 0.3) is 0 Å². The third kappa shape index (κ3) is 10.8. The van der Waals surface area contributed by atoms with Crippen LogP contribution in [0, 0.1) is 17.8 Å². The molecule has 2 rings (SSSR count). The predicted octanol–water partition coefficient (Wildman–Crippen LogP) is 11.2. The van der Waals surface area contributed by atoms with Gasteiger partial charge in [-0.1, -0.05) is 142 Å². The van der Waals surface area contributed by atoms with Crippen molar-refractivity contribution in [2.24, 2.45) is 17.8 Å². The number of unbranched alkanes of at least 4 members (excludes halogenated alkanes) is 9. The second-order valence-corrected chi connectivity index (χ2v) is 12.2. The predicted molar refractivity (Wildman–Crippen MR) is 141 cm³/mol. The van der Waals surface area contributed by atoms with Crippen LogP contribution in [0.3, 0.4) is 0 Å². The third-order valence-corrected chi connectivity index (χ3v) is 9.63. The van der Waals surface area contributed by atoms with E-state index in [0.29, 0.717) is 0 Å². The summed E-state index contributed by atoms with van der Waals surface area (Å²) in [4.78, 5) is 0.109. The zero-order valence-corrected chi connectivity index (χ0v) is 22.3. The number of halogens is 1. The van der Waals surface area contributed by atoms with Crippen LogP contribution < -0.4 is 0 Å². The van der Waals surface area contributed by atoms with E-state index in [9.17, 15) is 0 Å². The van der Waals surface area contributed by atoms with E-state index >= 15 is 0 Å². The molecule has 31 heavy (non-hydrogen) atoms. The van der Waals surface area contributed by atoms with Crippen LogP contribution in [0.1, 0.15) is 168 Å². The first-order valence-electron chi connectivity index (χ1n) is 14.9. The first-order chi connectivity index (χ1) is 15.2. The lowest BCUT2D eigenvalue weighted by Gasteiger charge is -2.36. The lowest BCUT2D eigenvalue weighted by molar-refractivity contribution is 0.267. The topological polar surface area (TPSA) is 0 Å². The number of fused-ring (bicyclic) bond motifs is 1. The molecule has 2 fully saturated rings. The molecule has 0 heterocycles. The Morgan fingerprint density at radius 2 is 1.00 bits per heavy atom. The van der Waals surface area contributed by atoms with E-state index in [4.69, 9.17) is 11.6 Å². The summed E-state index contributed by atoms with van der Waals surface area (Å²) in [6.45, 7) is 4.65. The second kappa shape index (κ2) is 16.8. The Morgan fingerprint density at radius 3 is 1.48 bits per heavy atom. The van der Waals surface area contributed by atoms with Crippen LogP contribution in [-0.2, 0) is 0 Å². The number of hydrogen-bond donors (Lipinski definition) is 0. The minimum absolute atomic E-state index is 0.109. The minimum atomic E-state index is 0.109. The molecule has 0 amide bonds. The summed E-state index contributed by atoms with van der Waals surface area (Å²) >= 11 is 7.62. The molecule has 0 nitrogen and oxygen atoms in total. The van der Waals surface area contributed by atoms with Gasteiger partial charge in [-0.3, -0.25) is 0 Å². The smallest absolute Gasteiger partial charge is 0.0475 e. The fourth-order valence-corrected chi connectivity index (χ4v) is 7.38. The number of hydrogen-bond acceptors (Lipinski definition) is 0. The summed E-state index contributed by atoms with van der Waals surface area (Å²) in [5, 5.41) is 0. The Bertz CT molecular complexity index is 399. The summed E-state index contributed by atoms with van der Waals surface area (Å²) in [6.07, 6.45) is 34.2. The Balaban J connectivity index is 1.90. The molecule has 2 aliphatic carbocycles. The van der Waals surface area contributed by atoms with Crippen LogP contribution in [-0.4, -0.2) is 4.87 Å². The van der Waals surface area contributed by atoms with Crippen molar-refractivity contribution in [3.8, 4) is 0 Å². The van der Waals surface area contributed by atoms with E-state index < -0.39 is 0 Å². The monoisotopic (exact) mass is 452 g/mol. The molecule has 0 saturated heterocycles. The Kier molecular flexibility index (Phi) is 15.0. The lowest BCUT2D eigenvalue weighted by atomic mass is 9.77. The molecule has 0 aromatic rings. The van der Waals surface area contributed by atoms with Gasteiger partial charge in [0.05, 0.1) is 0 Å². The van der Waals surface area contributed by atoms with Gasteiger partial charge in [0.1, 0.15) is 0 Å². The zero-order valence-electron chi connectivity index (χ0n) is 21.6. The SMILES string of the molecule is CCCCCCCCC(CCCCCCC)C1(Cl)CCCC2CCCCCC2CCC1. The van der Waals surface area contributed by atoms with Crippen molar-refractivity contribution < 1.29 is 0 Å². The Morgan fingerprint density at radius 1 is 0.581 bits per heavy atom. The lowest BCUT2D eigenvalue weighted by Crippen LogP contribution is -2.32. The van der Waals surface area contributed by atoms with Gasteiger partial charge in [-0.2, -0.15) is 0 Å². The standard InChI is InChI=1S/C30H57Cl/c1-3-5-7-9-11-16-24-29(23-15-10-8-6-4-2)30(31)25-17-21-27-19-13-12-14-20-28(27)22-18-26-30/h27-29H,3-26H2,1-2H3. The van der Waals surface area contributed by atoms with Crippen molar-refractivity contribution in [1.82, 2.24) is 0 Å². The van der Waals surface area contributed by atoms with E-state index in [1.807, 2.05) is 0 Å². The van der Waals surface area contributed by atoms with E-state index in [1.165, 1.54) is 154 Å². The van der Waals surface area contributed by atoms with E-state index in [0.717, 1.165) is 17.8 Å². The Hall–Kier alpha value is 0.290. The summed E-state index contributed by atoms with van der Waals surface area (Å²) < 4.78 is 0. The zero-order chi connectivity index (χ0) is 22.2. The van der Waals surface area contributed by atoms with Crippen LogP contribution >= 0.6 is 11.6 Å². The molecule has 0 aromatic carbocycles. The fraction of sp³-hybridized carbons (Fsp3) is 1.00. The van der Waals surface area contributed by atoms with Gasteiger partial charge >= 0.3 is 0 Å². The highest BCUT2D eigenvalue weighted by atomic mass is 35.5. The van der Waals surface area contributed by atoms with Crippen molar-refractivity contribution in [2.45, 2.75) is 173 Å². The summed E-state index contributed by atoms with van der Waals surface area (Å²) in [5.74, 6) is 2.81. The summed E-state index contributed by atoms with van der Waals surface area (Å²) in [5.41, 5.74) is 0. The molecular formula is C30H57Cl. The van der Waals surface area contributed by atoms with Crippen molar-refractivity contribution in [3.05, 3.63) is 0 Å². The van der Waals surface area contributed by atoms with Gasteiger partial charge in [0.15, 0.2) is 0 Å². The number of alkyl halides is 1. The van der Waals surface area contributed by atoms with Gasteiger partial charge in [0.2, 0.25) is 0 Å². The molecule has 0 N–H and O–H groups in total. The van der Waals surface area contributed by atoms with Crippen LogP contribution in [0.5, 0.6) is 0 Å². The van der Waals surface area contributed by atoms with Crippen LogP contribution in [0.15, 0.2) is 0 Å². The van der Waals surface area contributed by atoms with E-state index in [1.54, 1.807) is 0 Å². The Labute approximate surface area is 202 Å². The van der Waals surface area contributed by atoms with Crippen LogP contribution in [0.2, 0.25) is 0 Å². The molecule has 2 saturated carbocycles. The third-order valence-electron chi connectivity index (χ3n) is 8.95. The molecule has 0 bridgehead atoms. The minimum Gasteiger partial charge on any atom is -0.119 e. The summed E-state index contributed by atoms with van der Waals surface area (Å²) in [7, 11) is 0. The highest BCUT2D eigenvalue weighted by molar-refractivity contribution is 6.24. The normalized spacial score (nSPS) is 28.7. The average molecular weight is 453 g/mol. The molecule has 3 atom stereocenters. The molecule has 0 radical (unpaired) electrons. The van der Waals surface area contributed by atoms with E-state index in [-0.39, 0.29) is 4.87 Å². The highest BCUT2D eigenvalue weighted by Gasteiger charge is 2.37. The molecule has 0 spiro atoms. The van der Waals surface area contributed by atoms with Crippen molar-refractivity contribution in [1.29, 1.82) is 0 Å². The quantitative estimate of drug-likeness (QED) is 0.181. The van der Waals surface area contributed by atoms with Gasteiger partial charge in [-0.05, 0) is 43.4 Å².